The van der Waals surface area contributed by atoms with E-state index in [4.69, 9.17) is 4.52 Å². The van der Waals surface area contributed by atoms with E-state index in [1.807, 2.05) is 39.0 Å². The SMILES string of the molecule is Cc1ccc(-c2c(C)noc2C)cc1S(=O)(=O)N1CCN(Cc2cccc(B(O)O)c2)CC1. The van der Waals surface area contributed by atoms with Crippen LogP contribution in [0.3, 0.4) is 0 Å². The Morgan fingerprint density at radius 1 is 1.03 bits per heavy atom. The Labute approximate surface area is 194 Å². The number of piperazine rings is 1. The first-order valence-corrected chi connectivity index (χ1v) is 12.3. The molecule has 33 heavy (non-hydrogen) atoms. The summed E-state index contributed by atoms with van der Waals surface area (Å²) < 4.78 is 33.8. The summed E-state index contributed by atoms with van der Waals surface area (Å²) in [5.41, 5.74) is 4.44. The largest absolute Gasteiger partial charge is 0.488 e. The lowest BCUT2D eigenvalue weighted by Gasteiger charge is -2.34. The molecule has 0 atom stereocenters. The summed E-state index contributed by atoms with van der Waals surface area (Å²) in [6, 6.07) is 12.6. The molecule has 174 valence electrons. The van der Waals surface area contributed by atoms with Crippen molar-refractivity contribution >= 4 is 22.6 Å². The molecule has 0 aliphatic carbocycles. The highest BCUT2D eigenvalue weighted by atomic mass is 32.2. The first-order valence-electron chi connectivity index (χ1n) is 10.9. The molecule has 1 aliphatic rings. The summed E-state index contributed by atoms with van der Waals surface area (Å²) in [5.74, 6) is 0.658. The summed E-state index contributed by atoms with van der Waals surface area (Å²) in [6.07, 6.45) is 0. The first kappa shape index (κ1) is 23.7. The lowest BCUT2D eigenvalue weighted by Crippen LogP contribution is -2.48. The van der Waals surface area contributed by atoms with Crippen LogP contribution in [0.5, 0.6) is 0 Å². The van der Waals surface area contributed by atoms with E-state index in [2.05, 4.69) is 10.1 Å². The third-order valence-corrected chi connectivity index (χ3v) is 8.16. The van der Waals surface area contributed by atoms with E-state index in [1.54, 1.807) is 24.3 Å². The van der Waals surface area contributed by atoms with E-state index in [9.17, 15) is 18.5 Å². The zero-order chi connectivity index (χ0) is 23.8. The van der Waals surface area contributed by atoms with Crippen molar-refractivity contribution in [2.75, 3.05) is 26.2 Å². The van der Waals surface area contributed by atoms with Gasteiger partial charge in [-0.25, -0.2) is 8.42 Å². The average Bonchev–Trinajstić information content (AvgIpc) is 3.12. The highest BCUT2D eigenvalue weighted by Gasteiger charge is 2.30. The summed E-state index contributed by atoms with van der Waals surface area (Å²) in [7, 11) is -5.16. The number of nitrogens with zero attached hydrogens (tertiary/aromatic N) is 3. The fraction of sp³-hybridized carbons (Fsp3) is 0.348. The number of rotatable bonds is 6. The third-order valence-electron chi connectivity index (χ3n) is 6.11. The minimum atomic E-state index is -3.66. The molecule has 10 heteroatoms. The van der Waals surface area contributed by atoms with Crippen molar-refractivity contribution in [3.8, 4) is 11.1 Å². The fourth-order valence-corrected chi connectivity index (χ4v) is 5.98. The van der Waals surface area contributed by atoms with Crippen LogP contribution in [-0.4, -0.2) is 66.1 Å². The van der Waals surface area contributed by atoms with Crippen molar-refractivity contribution < 1.29 is 23.0 Å². The normalized spacial score (nSPS) is 15.7. The second-order valence-corrected chi connectivity index (χ2v) is 10.4. The van der Waals surface area contributed by atoms with Gasteiger partial charge in [0, 0.05) is 38.3 Å². The molecule has 0 unspecified atom stereocenters. The molecule has 1 saturated heterocycles. The summed E-state index contributed by atoms with van der Waals surface area (Å²) in [4.78, 5) is 2.47. The Kier molecular flexibility index (Phi) is 6.74. The van der Waals surface area contributed by atoms with Crippen molar-refractivity contribution in [1.29, 1.82) is 0 Å². The van der Waals surface area contributed by atoms with E-state index in [1.165, 1.54) is 4.31 Å². The molecule has 1 aliphatic heterocycles. The monoisotopic (exact) mass is 469 g/mol. The minimum Gasteiger partial charge on any atom is -0.423 e. The van der Waals surface area contributed by atoms with E-state index in [-0.39, 0.29) is 0 Å². The van der Waals surface area contributed by atoms with Gasteiger partial charge in [-0.05, 0) is 49.0 Å². The Balaban J connectivity index is 1.49. The molecule has 1 fully saturated rings. The van der Waals surface area contributed by atoms with Gasteiger partial charge >= 0.3 is 7.12 Å². The van der Waals surface area contributed by atoms with Crippen LogP contribution in [-0.2, 0) is 16.6 Å². The highest BCUT2D eigenvalue weighted by Crippen LogP contribution is 2.31. The molecule has 1 aromatic heterocycles. The van der Waals surface area contributed by atoms with Crippen LogP contribution >= 0.6 is 0 Å². The van der Waals surface area contributed by atoms with Crippen molar-refractivity contribution in [3.05, 3.63) is 65.0 Å². The lowest BCUT2D eigenvalue weighted by molar-refractivity contribution is 0.181. The average molecular weight is 469 g/mol. The number of benzene rings is 2. The molecule has 2 N–H and O–H groups in total. The van der Waals surface area contributed by atoms with Crippen LogP contribution in [0.15, 0.2) is 51.9 Å². The molecule has 2 aromatic carbocycles. The number of aryl methyl sites for hydroxylation is 3. The minimum absolute atomic E-state index is 0.304. The Morgan fingerprint density at radius 2 is 1.76 bits per heavy atom. The van der Waals surface area contributed by atoms with Crippen molar-refractivity contribution in [2.45, 2.75) is 32.2 Å². The van der Waals surface area contributed by atoms with E-state index in [0.29, 0.717) is 54.4 Å². The van der Waals surface area contributed by atoms with Crippen molar-refractivity contribution in [1.82, 2.24) is 14.4 Å². The highest BCUT2D eigenvalue weighted by molar-refractivity contribution is 7.89. The molecule has 4 rings (SSSR count). The topological polar surface area (TPSA) is 107 Å². The van der Waals surface area contributed by atoms with E-state index >= 15 is 0 Å². The van der Waals surface area contributed by atoms with Crippen molar-refractivity contribution in [3.63, 3.8) is 0 Å². The molecule has 0 bridgehead atoms. The van der Waals surface area contributed by atoms with Crippen LogP contribution in [0.4, 0.5) is 0 Å². The zero-order valence-electron chi connectivity index (χ0n) is 19.0. The lowest BCUT2D eigenvalue weighted by atomic mass is 9.79. The fourth-order valence-electron chi connectivity index (χ4n) is 4.31. The maximum absolute atomic E-state index is 13.5. The van der Waals surface area contributed by atoms with Gasteiger partial charge in [0.2, 0.25) is 10.0 Å². The maximum atomic E-state index is 13.5. The molecule has 2 heterocycles. The molecular formula is C23H28BN3O5S. The molecule has 0 radical (unpaired) electrons. The Morgan fingerprint density at radius 3 is 2.39 bits per heavy atom. The predicted molar refractivity (Wildman–Crippen MR) is 126 cm³/mol. The summed E-state index contributed by atoms with van der Waals surface area (Å²) in [5, 5.41) is 22.7. The Hall–Kier alpha value is -2.50. The van der Waals surface area contributed by atoms with Gasteiger partial charge in [0.1, 0.15) is 5.76 Å². The van der Waals surface area contributed by atoms with Crippen LogP contribution in [0, 0.1) is 20.8 Å². The molecule has 8 nitrogen and oxygen atoms in total. The van der Waals surface area contributed by atoms with Gasteiger partial charge in [-0.3, -0.25) is 4.90 Å². The van der Waals surface area contributed by atoms with Crippen molar-refractivity contribution in [2.24, 2.45) is 0 Å². The number of hydrogen-bond donors (Lipinski definition) is 2. The van der Waals surface area contributed by atoms with Crippen LogP contribution in [0.2, 0.25) is 0 Å². The third kappa shape index (κ3) is 4.90. The zero-order valence-corrected chi connectivity index (χ0v) is 19.8. The standard InChI is InChI=1S/C23H28BN3O5S/c1-16-7-8-20(23-17(2)25-32-18(23)3)14-22(16)33(30,31)27-11-9-26(10-12-27)15-19-5-4-6-21(13-19)24(28)29/h4-8,13-14,28-29H,9-12,15H2,1-3H3. The van der Waals surface area contributed by atoms with Gasteiger partial charge in [0.25, 0.3) is 0 Å². The van der Waals surface area contributed by atoms with Crippen LogP contribution in [0.25, 0.3) is 11.1 Å². The molecule has 0 amide bonds. The number of sulfonamides is 1. The van der Waals surface area contributed by atoms with E-state index < -0.39 is 17.1 Å². The van der Waals surface area contributed by atoms with Gasteiger partial charge < -0.3 is 14.6 Å². The second-order valence-electron chi connectivity index (χ2n) is 8.48. The smallest absolute Gasteiger partial charge is 0.423 e. The molecule has 0 saturated carbocycles. The molecular weight excluding hydrogens is 441 g/mol. The van der Waals surface area contributed by atoms with Crippen LogP contribution in [0.1, 0.15) is 22.6 Å². The predicted octanol–water partition coefficient (Wildman–Crippen LogP) is 1.45. The van der Waals surface area contributed by atoms with Gasteiger partial charge in [0.15, 0.2) is 0 Å². The Bertz CT molecular complexity index is 1230. The first-order chi connectivity index (χ1) is 15.7. The van der Waals surface area contributed by atoms with Gasteiger partial charge in [-0.1, -0.05) is 41.6 Å². The quantitative estimate of drug-likeness (QED) is 0.527. The number of aromatic nitrogens is 1. The number of hydrogen-bond acceptors (Lipinski definition) is 7. The van der Waals surface area contributed by atoms with Gasteiger partial charge in [-0.2, -0.15) is 4.31 Å². The van der Waals surface area contributed by atoms with Gasteiger partial charge in [0.05, 0.1) is 10.6 Å². The van der Waals surface area contributed by atoms with Crippen LogP contribution < -0.4 is 5.46 Å². The second kappa shape index (κ2) is 9.40. The summed E-state index contributed by atoms with van der Waals surface area (Å²) in [6.45, 7) is 8.05. The van der Waals surface area contributed by atoms with E-state index in [0.717, 1.165) is 22.4 Å². The van der Waals surface area contributed by atoms with Gasteiger partial charge in [-0.15, -0.1) is 0 Å². The molecule has 0 spiro atoms. The maximum Gasteiger partial charge on any atom is 0.488 e. The summed E-state index contributed by atoms with van der Waals surface area (Å²) >= 11 is 0. The molecule has 3 aromatic rings.